The molecule has 2 aromatic heterocycles. The van der Waals surface area contributed by atoms with Crippen molar-refractivity contribution in [1.82, 2.24) is 20.2 Å². The number of anilines is 1. The minimum atomic E-state index is 0.120. The summed E-state index contributed by atoms with van der Waals surface area (Å²) in [6.45, 7) is 2.01. The molecule has 0 radical (unpaired) electrons. The molecule has 0 bridgehead atoms. The third-order valence-corrected chi connectivity index (χ3v) is 2.19. The molecule has 2 aromatic rings. The van der Waals surface area contributed by atoms with Crippen LogP contribution in [0, 0.1) is 0 Å². The number of aromatic amines is 1. The average molecular weight is 224 g/mol. The number of H-pyrrole nitrogens is 1. The van der Waals surface area contributed by atoms with Crippen molar-refractivity contribution in [3.8, 4) is 0 Å². The molecule has 6 heteroatoms. The summed E-state index contributed by atoms with van der Waals surface area (Å²) in [5.41, 5.74) is 1.06. The van der Waals surface area contributed by atoms with Gasteiger partial charge < -0.3 is 5.32 Å². The van der Waals surface area contributed by atoms with Crippen LogP contribution in [0.1, 0.15) is 18.5 Å². The fourth-order valence-corrected chi connectivity index (χ4v) is 1.37. The van der Waals surface area contributed by atoms with Crippen molar-refractivity contribution in [1.29, 1.82) is 0 Å². The minimum Gasteiger partial charge on any atom is -0.363 e. The van der Waals surface area contributed by atoms with Crippen LogP contribution >= 0.6 is 11.6 Å². The molecule has 1 atom stereocenters. The Morgan fingerprint density at radius 2 is 2.40 bits per heavy atom. The Hall–Kier alpha value is -1.62. The zero-order valence-electron chi connectivity index (χ0n) is 8.11. The van der Waals surface area contributed by atoms with Crippen LogP contribution in [0.4, 0.5) is 5.82 Å². The van der Waals surface area contributed by atoms with Crippen molar-refractivity contribution >= 4 is 17.4 Å². The number of rotatable bonds is 3. The van der Waals surface area contributed by atoms with Gasteiger partial charge in [0.25, 0.3) is 0 Å². The summed E-state index contributed by atoms with van der Waals surface area (Å²) in [5, 5.41) is 10.1. The van der Waals surface area contributed by atoms with Crippen molar-refractivity contribution in [3.63, 3.8) is 0 Å². The molecule has 2 rings (SSSR count). The van der Waals surface area contributed by atoms with E-state index in [1.807, 2.05) is 13.1 Å². The quantitative estimate of drug-likeness (QED) is 0.782. The first-order valence-corrected chi connectivity index (χ1v) is 4.87. The maximum atomic E-state index is 5.67. The van der Waals surface area contributed by atoms with Gasteiger partial charge in [-0.05, 0) is 24.6 Å². The number of hydrogen-bond acceptors (Lipinski definition) is 4. The van der Waals surface area contributed by atoms with Crippen molar-refractivity contribution < 1.29 is 0 Å². The minimum absolute atomic E-state index is 0.120. The van der Waals surface area contributed by atoms with Crippen LogP contribution < -0.4 is 5.32 Å². The standard InChI is InChI=1S/C9H10ClN5/c1-6(7-4-12-13-5-7)14-8-2-3-11-9(10)15-8/h2-6H,1H3,(H,12,13)(H,11,14,15). The Kier molecular flexibility index (Phi) is 2.82. The molecule has 0 aromatic carbocycles. The summed E-state index contributed by atoms with van der Waals surface area (Å²) in [5.74, 6) is 0.698. The van der Waals surface area contributed by atoms with Crippen LogP contribution in [0.15, 0.2) is 24.7 Å². The predicted molar refractivity (Wildman–Crippen MR) is 57.7 cm³/mol. The fourth-order valence-electron chi connectivity index (χ4n) is 1.22. The SMILES string of the molecule is CC(Nc1ccnc(Cl)n1)c1cn[nH]c1. The Labute approximate surface area is 91.9 Å². The molecular weight excluding hydrogens is 214 g/mol. The molecule has 0 spiro atoms. The molecule has 0 saturated carbocycles. The Morgan fingerprint density at radius 3 is 3.07 bits per heavy atom. The lowest BCUT2D eigenvalue weighted by Crippen LogP contribution is -2.07. The highest BCUT2D eigenvalue weighted by atomic mass is 35.5. The molecular formula is C9H10ClN5. The van der Waals surface area contributed by atoms with E-state index in [2.05, 4.69) is 25.5 Å². The molecule has 15 heavy (non-hydrogen) atoms. The van der Waals surface area contributed by atoms with Crippen molar-refractivity contribution in [2.75, 3.05) is 5.32 Å². The summed E-state index contributed by atoms with van der Waals surface area (Å²) >= 11 is 5.67. The lowest BCUT2D eigenvalue weighted by Gasteiger charge is -2.11. The Balaban J connectivity index is 2.09. The molecule has 2 heterocycles. The summed E-state index contributed by atoms with van der Waals surface area (Å²) in [6, 6.07) is 1.89. The fraction of sp³-hybridized carbons (Fsp3) is 0.222. The van der Waals surface area contributed by atoms with Gasteiger partial charge in [-0.1, -0.05) is 0 Å². The monoisotopic (exact) mass is 223 g/mol. The zero-order chi connectivity index (χ0) is 10.7. The highest BCUT2D eigenvalue weighted by molar-refractivity contribution is 6.28. The summed E-state index contributed by atoms with van der Waals surface area (Å²) in [4.78, 5) is 7.84. The molecule has 0 aliphatic heterocycles. The number of nitrogens with one attached hydrogen (secondary N) is 2. The largest absolute Gasteiger partial charge is 0.363 e. The lowest BCUT2D eigenvalue weighted by atomic mass is 10.2. The smallest absolute Gasteiger partial charge is 0.224 e. The molecule has 5 nitrogen and oxygen atoms in total. The molecule has 0 fully saturated rings. The Bertz CT molecular complexity index is 428. The normalized spacial score (nSPS) is 12.4. The van der Waals surface area contributed by atoms with Crippen molar-refractivity contribution in [2.24, 2.45) is 0 Å². The number of aromatic nitrogens is 4. The van der Waals surface area contributed by atoms with Gasteiger partial charge in [0.2, 0.25) is 5.28 Å². The molecule has 2 N–H and O–H groups in total. The van der Waals surface area contributed by atoms with Gasteiger partial charge in [0.15, 0.2) is 0 Å². The molecule has 0 amide bonds. The first-order chi connectivity index (χ1) is 7.25. The zero-order valence-corrected chi connectivity index (χ0v) is 8.86. The molecule has 0 aliphatic carbocycles. The van der Waals surface area contributed by atoms with Gasteiger partial charge in [0.1, 0.15) is 5.82 Å². The van der Waals surface area contributed by atoms with E-state index in [0.717, 1.165) is 5.56 Å². The van der Waals surface area contributed by atoms with Crippen LogP contribution in [0.2, 0.25) is 5.28 Å². The maximum Gasteiger partial charge on any atom is 0.224 e. The van der Waals surface area contributed by atoms with Crippen LogP contribution in [0.3, 0.4) is 0 Å². The van der Waals surface area contributed by atoms with E-state index >= 15 is 0 Å². The first kappa shape index (κ1) is 9.92. The van der Waals surface area contributed by atoms with Crippen molar-refractivity contribution in [3.05, 3.63) is 35.5 Å². The second kappa shape index (κ2) is 4.27. The summed E-state index contributed by atoms with van der Waals surface area (Å²) in [6.07, 6.45) is 5.21. The van der Waals surface area contributed by atoms with E-state index in [1.165, 1.54) is 0 Å². The van der Waals surface area contributed by atoms with Crippen LogP contribution in [0.5, 0.6) is 0 Å². The van der Waals surface area contributed by atoms with Gasteiger partial charge in [0.05, 0.1) is 12.2 Å². The van der Waals surface area contributed by atoms with E-state index in [0.29, 0.717) is 5.82 Å². The molecule has 78 valence electrons. The first-order valence-electron chi connectivity index (χ1n) is 4.49. The van der Waals surface area contributed by atoms with Gasteiger partial charge in [0, 0.05) is 18.0 Å². The van der Waals surface area contributed by atoms with E-state index in [1.54, 1.807) is 18.5 Å². The van der Waals surface area contributed by atoms with Gasteiger partial charge in [-0.3, -0.25) is 5.10 Å². The van der Waals surface area contributed by atoms with E-state index in [9.17, 15) is 0 Å². The third-order valence-electron chi connectivity index (χ3n) is 2.01. The van der Waals surface area contributed by atoms with E-state index in [4.69, 9.17) is 11.6 Å². The van der Waals surface area contributed by atoms with Crippen LogP contribution in [0.25, 0.3) is 0 Å². The van der Waals surface area contributed by atoms with Crippen molar-refractivity contribution in [2.45, 2.75) is 13.0 Å². The number of halogens is 1. The highest BCUT2D eigenvalue weighted by Gasteiger charge is 2.06. The lowest BCUT2D eigenvalue weighted by molar-refractivity contribution is 0.873. The van der Waals surface area contributed by atoms with Crippen LogP contribution in [-0.4, -0.2) is 20.2 Å². The summed E-state index contributed by atoms with van der Waals surface area (Å²) < 4.78 is 0. The maximum absolute atomic E-state index is 5.67. The van der Waals surface area contributed by atoms with E-state index < -0.39 is 0 Å². The van der Waals surface area contributed by atoms with Crippen LogP contribution in [-0.2, 0) is 0 Å². The predicted octanol–water partition coefficient (Wildman–Crippen LogP) is 2.03. The van der Waals surface area contributed by atoms with Gasteiger partial charge >= 0.3 is 0 Å². The number of nitrogens with zero attached hydrogens (tertiary/aromatic N) is 3. The second-order valence-corrected chi connectivity index (χ2v) is 3.45. The third kappa shape index (κ3) is 2.44. The number of hydrogen-bond donors (Lipinski definition) is 2. The molecule has 0 saturated heterocycles. The van der Waals surface area contributed by atoms with Gasteiger partial charge in [-0.25, -0.2) is 9.97 Å². The van der Waals surface area contributed by atoms with Gasteiger partial charge in [-0.15, -0.1) is 0 Å². The average Bonchev–Trinajstić information content (AvgIpc) is 2.70. The highest BCUT2D eigenvalue weighted by Crippen LogP contribution is 2.16. The molecule has 0 aliphatic rings. The second-order valence-electron chi connectivity index (χ2n) is 3.11. The summed E-state index contributed by atoms with van der Waals surface area (Å²) in [7, 11) is 0. The van der Waals surface area contributed by atoms with Gasteiger partial charge in [-0.2, -0.15) is 5.10 Å². The Morgan fingerprint density at radius 1 is 1.53 bits per heavy atom. The molecule has 1 unspecified atom stereocenters. The topological polar surface area (TPSA) is 66.5 Å². The van der Waals surface area contributed by atoms with E-state index in [-0.39, 0.29) is 11.3 Å².